The van der Waals surface area contributed by atoms with Crippen LogP contribution in [0, 0.1) is 6.92 Å². The monoisotopic (exact) mass is 329 g/mol. The summed E-state index contributed by atoms with van der Waals surface area (Å²) in [5, 5.41) is 11.9. The molecule has 18 heavy (non-hydrogen) atoms. The Balaban J connectivity index is 2.27. The summed E-state index contributed by atoms with van der Waals surface area (Å²) in [5.41, 5.74) is 0.405. The number of furan rings is 1. The maximum absolute atomic E-state index is 11.9. The van der Waals surface area contributed by atoms with Gasteiger partial charge in [0.15, 0.2) is 4.67 Å². The predicted octanol–water partition coefficient (Wildman–Crippen LogP) is 3.36. The minimum Gasteiger partial charge on any atom is -0.478 e. The smallest absolute Gasteiger partial charge is 0.338 e. The fourth-order valence-corrected chi connectivity index (χ4v) is 2.71. The van der Waals surface area contributed by atoms with Gasteiger partial charge in [0, 0.05) is 4.88 Å². The van der Waals surface area contributed by atoms with Crippen LogP contribution >= 0.6 is 27.3 Å². The van der Waals surface area contributed by atoms with Crippen LogP contribution in [0.4, 0.5) is 5.00 Å². The largest absolute Gasteiger partial charge is 0.478 e. The third-order valence-corrected chi connectivity index (χ3v) is 3.76. The number of thiophene rings is 1. The van der Waals surface area contributed by atoms with Crippen LogP contribution in [-0.2, 0) is 0 Å². The molecule has 0 radical (unpaired) electrons. The van der Waals surface area contributed by atoms with Crippen LogP contribution in [0.5, 0.6) is 0 Å². The van der Waals surface area contributed by atoms with E-state index in [1.165, 1.54) is 29.7 Å². The first-order chi connectivity index (χ1) is 8.49. The molecule has 0 aliphatic rings. The van der Waals surface area contributed by atoms with Crippen molar-refractivity contribution in [2.24, 2.45) is 0 Å². The minimum atomic E-state index is -1.07. The molecule has 2 aromatic rings. The zero-order chi connectivity index (χ0) is 13.3. The summed E-state index contributed by atoms with van der Waals surface area (Å²) in [6, 6.07) is 3.02. The van der Waals surface area contributed by atoms with Crippen molar-refractivity contribution in [1.82, 2.24) is 0 Å². The summed E-state index contributed by atoms with van der Waals surface area (Å²) in [7, 11) is 0. The topological polar surface area (TPSA) is 79.5 Å². The van der Waals surface area contributed by atoms with Crippen molar-refractivity contribution in [1.29, 1.82) is 0 Å². The van der Waals surface area contributed by atoms with Crippen molar-refractivity contribution in [3.05, 3.63) is 39.1 Å². The van der Waals surface area contributed by atoms with Gasteiger partial charge in [0.1, 0.15) is 5.00 Å². The summed E-state index contributed by atoms with van der Waals surface area (Å²) in [6.07, 6.45) is 1.37. The van der Waals surface area contributed by atoms with E-state index in [-0.39, 0.29) is 5.56 Å². The lowest BCUT2D eigenvalue weighted by Gasteiger charge is -2.02. The molecule has 2 rings (SSSR count). The molecule has 0 bridgehead atoms. The van der Waals surface area contributed by atoms with Crippen LogP contribution in [0.1, 0.15) is 25.6 Å². The zero-order valence-corrected chi connectivity index (χ0v) is 11.6. The predicted molar refractivity (Wildman–Crippen MR) is 70.4 cm³/mol. The first-order valence-corrected chi connectivity index (χ1v) is 6.48. The number of rotatable bonds is 3. The van der Waals surface area contributed by atoms with E-state index in [0.29, 0.717) is 15.2 Å². The molecule has 2 aromatic heterocycles. The fourth-order valence-electron chi connectivity index (χ4n) is 1.39. The molecule has 94 valence electrons. The maximum Gasteiger partial charge on any atom is 0.338 e. The molecule has 2 N–H and O–H groups in total. The molecular formula is C11H8BrNO4S. The zero-order valence-electron chi connectivity index (χ0n) is 9.19. The van der Waals surface area contributed by atoms with E-state index in [1.54, 1.807) is 6.92 Å². The van der Waals surface area contributed by atoms with E-state index in [1.807, 2.05) is 0 Å². The molecule has 0 atom stereocenters. The van der Waals surface area contributed by atoms with Gasteiger partial charge >= 0.3 is 5.97 Å². The summed E-state index contributed by atoms with van der Waals surface area (Å²) in [5.74, 6) is -1.49. The third kappa shape index (κ3) is 2.46. The maximum atomic E-state index is 11.9. The van der Waals surface area contributed by atoms with E-state index in [0.717, 1.165) is 4.88 Å². The van der Waals surface area contributed by atoms with Crippen molar-refractivity contribution in [2.45, 2.75) is 6.92 Å². The van der Waals surface area contributed by atoms with Crippen LogP contribution in [0.25, 0.3) is 0 Å². The number of hydrogen-bond donors (Lipinski definition) is 2. The molecule has 0 saturated heterocycles. The van der Waals surface area contributed by atoms with E-state index < -0.39 is 11.9 Å². The molecule has 0 unspecified atom stereocenters. The lowest BCUT2D eigenvalue weighted by atomic mass is 10.3. The molecule has 7 heteroatoms. The van der Waals surface area contributed by atoms with Crippen LogP contribution in [0.3, 0.4) is 0 Å². The van der Waals surface area contributed by atoms with Crippen molar-refractivity contribution < 1.29 is 19.1 Å². The molecule has 2 heterocycles. The highest BCUT2D eigenvalue weighted by Gasteiger charge is 2.18. The lowest BCUT2D eigenvalue weighted by molar-refractivity contribution is 0.0698. The third-order valence-electron chi connectivity index (χ3n) is 2.18. The molecule has 1 amide bonds. The second-order valence-electron chi connectivity index (χ2n) is 3.47. The van der Waals surface area contributed by atoms with Gasteiger partial charge in [-0.05, 0) is 35.0 Å². The Hall–Kier alpha value is -1.60. The van der Waals surface area contributed by atoms with Crippen LogP contribution in [-0.4, -0.2) is 17.0 Å². The Morgan fingerprint density at radius 1 is 1.44 bits per heavy atom. The fraction of sp³-hybridized carbons (Fsp3) is 0.0909. The number of nitrogens with one attached hydrogen (secondary N) is 1. The van der Waals surface area contributed by atoms with Crippen molar-refractivity contribution >= 4 is 44.1 Å². The number of hydrogen-bond acceptors (Lipinski definition) is 4. The first-order valence-electron chi connectivity index (χ1n) is 4.87. The Morgan fingerprint density at radius 3 is 2.72 bits per heavy atom. The molecule has 0 aromatic carbocycles. The number of carbonyl (C=O) groups is 2. The van der Waals surface area contributed by atoms with E-state index >= 15 is 0 Å². The van der Waals surface area contributed by atoms with Gasteiger partial charge in [-0.2, -0.15) is 0 Å². The van der Waals surface area contributed by atoms with Crippen molar-refractivity contribution in [2.75, 3.05) is 5.32 Å². The summed E-state index contributed by atoms with van der Waals surface area (Å²) >= 11 is 4.31. The highest BCUT2D eigenvalue weighted by atomic mass is 79.9. The molecular weight excluding hydrogens is 322 g/mol. The molecule has 0 saturated carbocycles. The summed E-state index contributed by atoms with van der Waals surface area (Å²) in [6.45, 7) is 1.78. The van der Waals surface area contributed by atoms with E-state index in [2.05, 4.69) is 21.2 Å². The standard InChI is InChI=1S/C11H8BrNO4S/c1-5-4-7(11(15)16)10(18-5)13-9(14)6-2-3-17-8(6)12/h2-4H,1H3,(H,13,14)(H,15,16). The number of aromatic carboxylic acids is 1. The number of carboxylic acid groups (broad SMARTS) is 1. The van der Waals surface area contributed by atoms with Crippen LogP contribution < -0.4 is 5.32 Å². The van der Waals surface area contributed by atoms with Crippen molar-refractivity contribution in [3.8, 4) is 0 Å². The second kappa shape index (κ2) is 4.95. The highest BCUT2D eigenvalue weighted by Crippen LogP contribution is 2.29. The van der Waals surface area contributed by atoms with Gasteiger partial charge in [-0.3, -0.25) is 4.79 Å². The normalized spacial score (nSPS) is 10.3. The SMILES string of the molecule is Cc1cc(C(=O)O)c(NC(=O)c2ccoc2Br)s1. The summed E-state index contributed by atoms with van der Waals surface area (Å²) < 4.78 is 5.26. The molecule has 0 fully saturated rings. The Bertz CT molecular complexity index is 616. The average Bonchev–Trinajstić information content (AvgIpc) is 2.84. The van der Waals surface area contributed by atoms with Gasteiger partial charge < -0.3 is 14.8 Å². The first kappa shape index (κ1) is 12.8. The quantitative estimate of drug-likeness (QED) is 0.904. The van der Waals surface area contributed by atoms with E-state index in [9.17, 15) is 9.59 Å². The van der Waals surface area contributed by atoms with Gasteiger partial charge in [-0.1, -0.05) is 0 Å². The van der Waals surface area contributed by atoms with Gasteiger partial charge in [0.05, 0.1) is 17.4 Å². The Morgan fingerprint density at radius 2 is 2.17 bits per heavy atom. The Kier molecular flexibility index (Phi) is 3.53. The van der Waals surface area contributed by atoms with Gasteiger partial charge in [-0.25, -0.2) is 4.79 Å². The number of aryl methyl sites for hydroxylation is 1. The molecule has 0 spiro atoms. The number of amides is 1. The molecule has 5 nitrogen and oxygen atoms in total. The number of carboxylic acids is 1. The highest BCUT2D eigenvalue weighted by molar-refractivity contribution is 9.10. The minimum absolute atomic E-state index is 0.0884. The number of halogens is 1. The Labute approximate surface area is 115 Å². The van der Waals surface area contributed by atoms with Gasteiger partial charge in [0.2, 0.25) is 0 Å². The number of anilines is 1. The van der Waals surface area contributed by atoms with Crippen molar-refractivity contribution in [3.63, 3.8) is 0 Å². The van der Waals surface area contributed by atoms with Gasteiger partial charge in [0.25, 0.3) is 5.91 Å². The lowest BCUT2D eigenvalue weighted by Crippen LogP contribution is -2.12. The second-order valence-corrected chi connectivity index (χ2v) is 5.44. The van der Waals surface area contributed by atoms with Crippen LogP contribution in [0.15, 0.2) is 27.5 Å². The van der Waals surface area contributed by atoms with Crippen LogP contribution in [0.2, 0.25) is 0 Å². The molecule has 0 aliphatic carbocycles. The number of carbonyl (C=O) groups excluding carboxylic acids is 1. The molecule has 0 aliphatic heterocycles. The average molecular weight is 330 g/mol. The summed E-state index contributed by atoms with van der Waals surface area (Å²) in [4.78, 5) is 23.7. The van der Waals surface area contributed by atoms with E-state index in [4.69, 9.17) is 9.52 Å². The van der Waals surface area contributed by atoms with Gasteiger partial charge in [-0.15, -0.1) is 11.3 Å².